The van der Waals surface area contributed by atoms with E-state index in [4.69, 9.17) is 5.11 Å². The van der Waals surface area contributed by atoms with Gasteiger partial charge in [0, 0.05) is 5.71 Å². The fourth-order valence-corrected chi connectivity index (χ4v) is 1.65. The number of amides is 1. The number of carboxylic acids is 1. The van der Waals surface area contributed by atoms with Crippen LogP contribution in [0.15, 0.2) is 29.4 Å². The Morgan fingerprint density at radius 1 is 1.53 bits per heavy atom. The van der Waals surface area contributed by atoms with E-state index < -0.39 is 5.97 Å². The van der Waals surface area contributed by atoms with Crippen LogP contribution in [0.3, 0.4) is 0 Å². The van der Waals surface area contributed by atoms with Gasteiger partial charge in [0.1, 0.15) is 0 Å². The summed E-state index contributed by atoms with van der Waals surface area (Å²) in [5.41, 5.74) is 1.46. The molecule has 1 aliphatic rings. The number of hydrogen-bond donors (Lipinski definition) is 1. The van der Waals surface area contributed by atoms with E-state index in [1.165, 1.54) is 17.1 Å². The molecular weight excluding hydrogens is 220 g/mol. The van der Waals surface area contributed by atoms with Crippen molar-refractivity contribution < 1.29 is 14.7 Å². The summed E-state index contributed by atoms with van der Waals surface area (Å²) < 4.78 is 0. The molecule has 0 saturated carbocycles. The number of carbonyl (C=O) groups excluding carboxylic acids is 1. The SMILES string of the molecule is CCC1=NN(c2cccc(C(=O)O)c2)C(=O)C1. The summed E-state index contributed by atoms with van der Waals surface area (Å²) >= 11 is 0. The van der Waals surface area contributed by atoms with Crippen LogP contribution < -0.4 is 5.01 Å². The number of hydrazone groups is 1. The highest BCUT2D eigenvalue weighted by Gasteiger charge is 2.24. The van der Waals surface area contributed by atoms with E-state index in [0.717, 1.165) is 12.1 Å². The standard InChI is InChI=1S/C12H12N2O3/c1-2-9-7-11(15)14(13-9)10-5-3-4-8(6-10)12(16)17/h3-6H,2,7H2,1H3,(H,16,17). The Labute approximate surface area is 98.4 Å². The lowest BCUT2D eigenvalue weighted by Crippen LogP contribution is -2.19. The van der Waals surface area contributed by atoms with Crippen molar-refractivity contribution in [1.29, 1.82) is 0 Å². The van der Waals surface area contributed by atoms with Crippen molar-refractivity contribution in [3.8, 4) is 0 Å². The van der Waals surface area contributed by atoms with Crippen LogP contribution in [-0.4, -0.2) is 22.7 Å². The third-order valence-corrected chi connectivity index (χ3v) is 2.58. The molecule has 0 aliphatic carbocycles. The lowest BCUT2D eigenvalue weighted by molar-refractivity contribution is -0.116. The first kappa shape index (κ1) is 11.3. The van der Waals surface area contributed by atoms with Gasteiger partial charge in [-0.25, -0.2) is 9.80 Å². The molecule has 88 valence electrons. The van der Waals surface area contributed by atoms with Crippen molar-refractivity contribution in [2.45, 2.75) is 19.8 Å². The van der Waals surface area contributed by atoms with Gasteiger partial charge in [0.15, 0.2) is 0 Å². The maximum atomic E-state index is 11.7. The van der Waals surface area contributed by atoms with E-state index in [1.54, 1.807) is 12.1 Å². The first-order valence-electron chi connectivity index (χ1n) is 5.34. The molecule has 0 saturated heterocycles. The smallest absolute Gasteiger partial charge is 0.335 e. The number of benzene rings is 1. The average molecular weight is 232 g/mol. The van der Waals surface area contributed by atoms with Crippen LogP contribution in [0.25, 0.3) is 0 Å². The highest BCUT2D eigenvalue weighted by atomic mass is 16.4. The van der Waals surface area contributed by atoms with E-state index in [2.05, 4.69) is 5.10 Å². The monoisotopic (exact) mass is 232 g/mol. The van der Waals surface area contributed by atoms with Crippen LogP contribution >= 0.6 is 0 Å². The first-order chi connectivity index (χ1) is 8.11. The molecule has 0 aromatic heterocycles. The Morgan fingerprint density at radius 3 is 2.88 bits per heavy atom. The Hall–Kier alpha value is -2.17. The molecule has 1 amide bonds. The molecule has 0 spiro atoms. The van der Waals surface area contributed by atoms with Gasteiger partial charge in [0.2, 0.25) is 0 Å². The van der Waals surface area contributed by atoms with Gasteiger partial charge in [0.05, 0.1) is 17.7 Å². The second kappa shape index (κ2) is 4.37. The van der Waals surface area contributed by atoms with E-state index >= 15 is 0 Å². The maximum absolute atomic E-state index is 11.7. The number of hydrogen-bond acceptors (Lipinski definition) is 3. The molecule has 0 atom stereocenters. The van der Waals surface area contributed by atoms with Gasteiger partial charge < -0.3 is 5.11 Å². The number of rotatable bonds is 3. The van der Waals surface area contributed by atoms with Crippen LogP contribution in [0.1, 0.15) is 30.1 Å². The maximum Gasteiger partial charge on any atom is 0.335 e. The zero-order valence-corrected chi connectivity index (χ0v) is 9.38. The molecule has 0 fully saturated rings. The zero-order chi connectivity index (χ0) is 12.4. The van der Waals surface area contributed by atoms with Gasteiger partial charge >= 0.3 is 5.97 Å². The van der Waals surface area contributed by atoms with Crippen LogP contribution in [0.4, 0.5) is 5.69 Å². The Morgan fingerprint density at radius 2 is 2.29 bits per heavy atom. The topological polar surface area (TPSA) is 70.0 Å². The second-order valence-electron chi connectivity index (χ2n) is 3.76. The molecule has 5 heteroatoms. The zero-order valence-electron chi connectivity index (χ0n) is 9.38. The summed E-state index contributed by atoms with van der Waals surface area (Å²) in [6.45, 7) is 1.93. The predicted molar refractivity (Wildman–Crippen MR) is 63.2 cm³/mol. The van der Waals surface area contributed by atoms with Gasteiger partial charge in [-0.3, -0.25) is 4.79 Å². The van der Waals surface area contributed by atoms with Gasteiger partial charge in [-0.1, -0.05) is 13.0 Å². The molecule has 0 bridgehead atoms. The van der Waals surface area contributed by atoms with Crippen molar-refractivity contribution in [2.24, 2.45) is 5.10 Å². The molecule has 1 aromatic carbocycles. The fourth-order valence-electron chi connectivity index (χ4n) is 1.65. The number of nitrogens with zero attached hydrogens (tertiary/aromatic N) is 2. The highest BCUT2D eigenvalue weighted by Crippen LogP contribution is 2.22. The van der Waals surface area contributed by atoms with Crippen molar-refractivity contribution in [3.63, 3.8) is 0 Å². The third-order valence-electron chi connectivity index (χ3n) is 2.58. The van der Waals surface area contributed by atoms with Crippen LogP contribution in [0.5, 0.6) is 0 Å². The third kappa shape index (κ3) is 2.18. The molecule has 0 unspecified atom stereocenters. The minimum atomic E-state index is -1.02. The predicted octanol–water partition coefficient (Wildman–Crippen LogP) is 1.89. The summed E-state index contributed by atoms with van der Waals surface area (Å²) in [5, 5.41) is 14.3. The number of carbonyl (C=O) groups is 2. The van der Waals surface area contributed by atoms with E-state index in [-0.39, 0.29) is 11.5 Å². The molecule has 5 nitrogen and oxygen atoms in total. The Balaban J connectivity index is 2.34. The van der Waals surface area contributed by atoms with Gasteiger partial charge in [-0.05, 0) is 24.6 Å². The van der Waals surface area contributed by atoms with Gasteiger partial charge in [-0.15, -0.1) is 0 Å². The largest absolute Gasteiger partial charge is 0.478 e. The molecule has 1 N–H and O–H groups in total. The van der Waals surface area contributed by atoms with E-state index in [1.807, 2.05) is 6.92 Å². The first-order valence-corrected chi connectivity index (χ1v) is 5.34. The summed E-state index contributed by atoms with van der Waals surface area (Å²) in [4.78, 5) is 22.5. The molecule has 17 heavy (non-hydrogen) atoms. The average Bonchev–Trinajstić information content (AvgIpc) is 2.71. The number of carboxylic acid groups (broad SMARTS) is 1. The summed E-state index contributed by atoms with van der Waals surface area (Å²) in [6.07, 6.45) is 1.04. The molecule has 2 rings (SSSR count). The van der Waals surface area contributed by atoms with Crippen molar-refractivity contribution >= 4 is 23.3 Å². The lowest BCUT2D eigenvalue weighted by Gasteiger charge is -2.11. The Kier molecular flexibility index (Phi) is 2.91. The molecule has 1 aromatic rings. The van der Waals surface area contributed by atoms with E-state index in [9.17, 15) is 9.59 Å². The van der Waals surface area contributed by atoms with Crippen molar-refractivity contribution in [1.82, 2.24) is 0 Å². The molecule has 0 radical (unpaired) electrons. The molecule has 1 heterocycles. The Bertz CT molecular complexity index is 508. The second-order valence-corrected chi connectivity index (χ2v) is 3.76. The minimum Gasteiger partial charge on any atom is -0.478 e. The molecule has 1 aliphatic heterocycles. The van der Waals surface area contributed by atoms with Gasteiger partial charge in [-0.2, -0.15) is 5.10 Å². The van der Waals surface area contributed by atoms with Crippen LogP contribution in [-0.2, 0) is 4.79 Å². The van der Waals surface area contributed by atoms with E-state index in [0.29, 0.717) is 12.1 Å². The number of aromatic carboxylic acids is 1. The quantitative estimate of drug-likeness (QED) is 0.865. The molecular formula is C12H12N2O3. The van der Waals surface area contributed by atoms with Gasteiger partial charge in [0.25, 0.3) is 5.91 Å². The van der Waals surface area contributed by atoms with Crippen molar-refractivity contribution in [2.75, 3.05) is 5.01 Å². The van der Waals surface area contributed by atoms with Crippen LogP contribution in [0.2, 0.25) is 0 Å². The minimum absolute atomic E-state index is 0.121. The summed E-state index contributed by atoms with van der Waals surface area (Å²) in [5.74, 6) is -1.14. The highest BCUT2D eigenvalue weighted by molar-refractivity contribution is 6.13. The lowest BCUT2D eigenvalue weighted by atomic mass is 10.2. The number of anilines is 1. The summed E-state index contributed by atoms with van der Waals surface area (Å²) in [7, 11) is 0. The summed E-state index contributed by atoms with van der Waals surface area (Å²) in [6, 6.07) is 6.21. The van der Waals surface area contributed by atoms with Crippen molar-refractivity contribution in [3.05, 3.63) is 29.8 Å². The normalized spacial score (nSPS) is 15.0. The fraction of sp³-hybridized carbons (Fsp3) is 0.250. The van der Waals surface area contributed by atoms with Crippen LogP contribution in [0, 0.1) is 0 Å².